The van der Waals surface area contributed by atoms with E-state index in [0.29, 0.717) is 0 Å². The Balaban J connectivity index is 1.41. The summed E-state index contributed by atoms with van der Waals surface area (Å²) in [5.41, 5.74) is 3.85. The highest BCUT2D eigenvalue weighted by atomic mass is 16.5. The number of carbonyl (C=O) groups is 1. The lowest BCUT2D eigenvalue weighted by Crippen LogP contribution is -2.07. The third-order valence-corrected chi connectivity index (χ3v) is 3.83. The van der Waals surface area contributed by atoms with Crippen LogP contribution in [0.2, 0.25) is 0 Å². The minimum absolute atomic E-state index is 0.0582. The highest BCUT2D eigenvalue weighted by Crippen LogP contribution is 2.26. The van der Waals surface area contributed by atoms with Crippen LogP contribution in [0.15, 0.2) is 23.2 Å². The Hall–Kier alpha value is -1.64. The summed E-state index contributed by atoms with van der Waals surface area (Å²) in [5.74, 6) is 1.24. The zero-order valence-electron chi connectivity index (χ0n) is 11.3. The molecule has 0 fully saturated rings. The summed E-state index contributed by atoms with van der Waals surface area (Å²) in [6, 6.07) is 6.47. The summed E-state index contributed by atoms with van der Waals surface area (Å²) in [6.07, 6.45) is 5.41. The molecule has 0 aromatic heterocycles. The molecule has 3 nitrogen and oxygen atoms in total. The molecule has 1 atom stereocenters. The first kappa shape index (κ1) is 12.4. The van der Waals surface area contributed by atoms with E-state index in [9.17, 15) is 4.79 Å². The maximum absolute atomic E-state index is 11.1. The van der Waals surface area contributed by atoms with Crippen molar-refractivity contribution < 1.29 is 9.53 Å². The minimum atomic E-state index is -0.0582. The number of aryl methyl sites for hydroxylation is 1. The average molecular weight is 257 g/mol. The molecule has 1 unspecified atom stereocenters. The van der Waals surface area contributed by atoms with Gasteiger partial charge in [0.05, 0.1) is 6.61 Å². The average Bonchev–Trinajstić information content (AvgIpc) is 3.03. The number of aliphatic imine (C=N–C) groups is 1. The van der Waals surface area contributed by atoms with Crippen LogP contribution >= 0.6 is 0 Å². The van der Waals surface area contributed by atoms with Gasteiger partial charge in [0.25, 0.3) is 0 Å². The lowest BCUT2D eigenvalue weighted by atomic mass is 10.0. The molecule has 0 bridgehead atoms. The van der Waals surface area contributed by atoms with E-state index in [2.05, 4.69) is 23.2 Å². The van der Waals surface area contributed by atoms with Crippen LogP contribution in [-0.2, 0) is 17.6 Å². The molecule has 0 amide bonds. The second-order valence-electron chi connectivity index (χ2n) is 5.38. The maximum Gasteiger partial charge on any atom is 0.159 e. The van der Waals surface area contributed by atoms with Gasteiger partial charge in [0.15, 0.2) is 5.78 Å². The van der Waals surface area contributed by atoms with E-state index in [1.807, 2.05) is 0 Å². The van der Waals surface area contributed by atoms with Crippen LogP contribution in [0.4, 0.5) is 0 Å². The van der Waals surface area contributed by atoms with Crippen LogP contribution in [0.3, 0.4) is 0 Å². The van der Waals surface area contributed by atoms with Gasteiger partial charge in [-0.1, -0.05) is 12.1 Å². The first-order valence-corrected chi connectivity index (χ1v) is 7.05. The third kappa shape index (κ3) is 2.86. The van der Waals surface area contributed by atoms with E-state index >= 15 is 0 Å². The third-order valence-electron chi connectivity index (χ3n) is 3.83. The molecule has 0 spiro atoms. The molecule has 2 aliphatic rings. The molecule has 1 aromatic carbocycles. The quantitative estimate of drug-likeness (QED) is 0.735. The highest BCUT2D eigenvalue weighted by molar-refractivity contribution is 6.17. The summed E-state index contributed by atoms with van der Waals surface area (Å²) in [5, 5.41) is 0. The Bertz CT molecular complexity index is 534. The van der Waals surface area contributed by atoms with Gasteiger partial charge in [-0.15, -0.1) is 0 Å². The molecular weight excluding hydrogens is 238 g/mol. The van der Waals surface area contributed by atoms with Gasteiger partial charge >= 0.3 is 0 Å². The van der Waals surface area contributed by atoms with E-state index in [1.165, 1.54) is 11.1 Å². The number of nitrogens with zero attached hydrogens (tertiary/aromatic N) is 1. The minimum Gasteiger partial charge on any atom is -0.493 e. The van der Waals surface area contributed by atoms with Crippen LogP contribution in [0.25, 0.3) is 0 Å². The van der Waals surface area contributed by atoms with Crippen LogP contribution in [0, 0.1) is 0 Å². The monoisotopic (exact) mass is 257 g/mol. The van der Waals surface area contributed by atoms with E-state index < -0.39 is 0 Å². The molecule has 0 aliphatic carbocycles. The van der Waals surface area contributed by atoms with Crippen LogP contribution in [0.1, 0.15) is 37.3 Å². The molecule has 0 N–H and O–H groups in total. The number of benzene rings is 1. The van der Waals surface area contributed by atoms with Gasteiger partial charge in [0.2, 0.25) is 0 Å². The number of Topliss-reactive ketones (excluding diaryl/α,β-unsaturated/α-hetero) is 1. The van der Waals surface area contributed by atoms with Crippen molar-refractivity contribution in [1.82, 2.24) is 0 Å². The van der Waals surface area contributed by atoms with Gasteiger partial charge in [-0.3, -0.25) is 9.79 Å². The van der Waals surface area contributed by atoms with E-state index in [1.54, 1.807) is 6.92 Å². The number of ether oxygens (including phenoxy) is 1. The summed E-state index contributed by atoms with van der Waals surface area (Å²) < 4.78 is 5.51. The summed E-state index contributed by atoms with van der Waals surface area (Å²) in [7, 11) is 0. The van der Waals surface area contributed by atoms with Gasteiger partial charge in [0.1, 0.15) is 11.8 Å². The summed E-state index contributed by atoms with van der Waals surface area (Å²) >= 11 is 0. The largest absolute Gasteiger partial charge is 0.493 e. The molecule has 0 radical (unpaired) electrons. The Morgan fingerprint density at radius 3 is 3.00 bits per heavy atom. The Morgan fingerprint density at radius 1 is 1.37 bits per heavy atom. The lowest BCUT2D eigenvalue weighted by molar-refractivity contribution is -0.116. The molecule has 3 heteroatoms. The predicted octanol–water partition coefficient (Wildman–Crippen LogP) is 2.75. The molecule has 0 saturated heterocycles. The van der Waals surface area contributed by atoms with Gasteiger partial charge < -0.3 is 4.74 Å². The first-order chi connectivity index (χ1) is 9.24. The molecule has 0 saturated carbocycles. The molecule has 3 rings (SSSR count). The molecule has 2 aliphatic heterocycles. The fourth-order valence-corrected chi connectivity index (χ4v) is 2.69. The van der Waals surface area contributed by atoms with E-state index in [-0.39, 0.29) is 11.8 Å². The first-order valence-electron chi connectivity index (χ1n) is 7.05. The van der Waals surface area contributed by atoms with E-state index in [4.69, 9.17) is 4.74 Å². The summed E-state index contributed by atoms with van der Waals surface area (Å²) in [4.78, 5) is 15.2. The zero-order chi connectivity index (χ0) is 13.2. The van der Waals surface area contributed by atoms with Crippen LogP contribution < -0.4 is 4.74 Å². The molecule has 2 heterocycles. The number of ketones is 1. The fourth-order valence-electron chi connectivity index (χ4n) is 2.69. The van der Waals surface area contributed by atoms with Gasteiger partial charge in [-0.05, 0) is 49.8 Å². The van der Waals surface area contributed by atoms with Crippen molar-refractivity contribution in [2.45, 2.75) is 45.1 Å². The Kier molecular flexibility index (Phi) is 3.36. The SMILES string of the molecule is CC(=O)C1N=C1CCCCc1ccc2c(c1)CCO2. The van der Waals surface area contributed by atoms with Crippen LogP contribution in [0.5, 0.6) is 5.75 Å². The number of hydrogen-bond acceptors (Lipinski definition) is 3. The zero-order valence-corrected chi connectivity index (χ0v) is 11.3. The fraction of sp³-hybridized carbons (Fsp3) is 0.500. The number of carbonyl (C=O) groups excluding carboxylic acids is 1. The van der Waals surface area contributed by atoms with E-state index in [0.717, 1.165) is 50.2 Å². The van der Waals surface area contributed by atoms with Crippen molar-refractivity contribution in [2.24, 2.45) is 4.99 Å². The number of fused-ring (bicyclic) bond motifs is 1. The molecule has 1 aromatic rings. The van der Waals surface area contributed by atoms with Gasteiger partial charge in [-0.25, -0.2) is 0 Å². The van der Waals surface area contributed by atoms with Crippen LogP contribution in [-0.4, -0.2) is 24.1 Å². The lowest BCUT2D eigenvalue weighted by Gasteiger charge is -2.03. The highest BCUT2D eigenvalue weighted by Gasteiger charge is 2.30. The van der Waals surface area contributed by atoms with Gasteiger partial charge in [0, 0.05) is 12.1 Å². The normalized spacial score (nSPS) is 19.6. The van der Waals surface area contributed by atoms with Crippen molar-refractivity contribution in [1.29, 1.82) is 0 Å². The summed E-state index contributed by atoms with van der Waals surface area (Å²) in [6.45, 7) is 2.44. The van der Waals surface area contributed by atoms with Crippen molar-refractivity contribution in [3.05, 3.63) is 29.3 Å². The number of hydrogen-bond donors (Lipinski definition) is 0. The standard InChI is InChI=1S/C16H19NO2/c1-11(18)16-14(17-16)5-3-2-4-12-6-7-15-13(10-12)8-9-19-15/h6-7,10,16H,2-5,8-9H2,1H3. The molecule has 100 valence electrons. The second-order valence-corrected chi connectivity index (χ2v) is 5.38. The number of unbranched alkanes of at least 4 members (excludes halogenated alkanes) is 1. The molecule has 19 heavy (non-hydrogen) atoms. The van der Waals surface area contributed by atoms with Crippen molar-refractivity contribution in [2.75, 3.05) is 6.61 Å². The van der Waals surface area contributed by atoms with Crippen molar-refractivity contribution >= 4 is 11.5 Å². The van der Waals surface area contributed by atoms with Crippen molar-refractivity contribution in [3.8, 4) is 5.75 Å². The van der Waals surface area contributed by atoms with Crippen molar-refractivity contribution in [3.63, 3.8) is 0 Å². The topological polar surface area (TPSA) is 38.7 Å². The molecular formula is C16H19NO2. The smallest absolute Gasteiger partial charge is 0.159 e. The van der Waals surface area contributed by atoms with Gasteiger partial charge in [-0.2, -0.15) is 0 Å². The Morgan fingerprint density at radius 2 is 2.21 bits per heavy atom. The number of rotatable bonds is 6. The Labute approximate surface area is 113 Å². The predicted molar refractivity (Wildman–Crippen MR) is 75.1 cm³/mol. The maximum atomic E-state index is 11.1. The second kappa shape index (κ2) is 5.16.